The summed E-state index contributed by atoms with van der Waals surface area (Å²) >= 11 is 0. The number of hydrogen-bond donors (Lipinski definition) is 1. The number of nitrogens with one attached hydrogen (secondary N) is 1. The predicted molar refractivity (Wildman–Crippen MR) is 61.8 cm³/mol. The molecule has 3 atom stereocenters. The Morgan fingerprint density at radius 3 is 2.62 bits per heavy atom. The van der Waals surface area contributed by atoms with E-state index in [0.717, 1.165) is 5.56 Å². The minimum absolute atomic E-state index is 0.00344. The molecule has 3 unspecified atom stereocenters. The molecule has 1 amide bonds. The van der Waals surface area contributed by atoms with Crippen molar-refractivity contribution in [2.24, 2.45) is 5.92 Å². The van der Waals surface area contributed by atoms with Crippen molar-refractivity contribution in [2.45, 2.75) is 32.6 Å². The number of ether oxygens (including phenoxy) is 1. The van der Waals surface area contributed by atoms with Crippen molar-refractivity contribution in [3.8, 4) is 0 Å². The van der Waals surface area contributed by atoms with Crippen LogP contribution in [0.2, 0.25) is 0 Å². The van der Waals surface area contributed by atoms with Gasteiger partial charge in [0, 0.05) is 6.04 Å². The van der Waals surface area contributed by atoms with Gasteiger partial charge >= 0.3 is 0 Å². The lowest BCUT2D eigenvalue weighted by molar-refractivity contribution is -0.143. The fourth-order valence-corrected chi connectivity index (χ4v) is 2.07. The molecule has 1 aromatic rings. The summed E-state index contributed by atoms with van der Waals surface area (Å²) in [5.41, 5.74) is 1.14. The van der Waals surface area contributed by atoms with E-state index in [4.69, 9.17) is 4.74 Å². The van der Waals surface area contributed by atoms with Gasteiger partial charge in [0.2, 0.25) is 5.91 Å². The minimum Gasteiger partial charge on any atom is -0.373 e. The summed E-state index contributed by atoms with van der Waals surface area (Å²) in [6, 6.07) is 10.2. The Hall–Kier alpha value is -1.35. The van der Waals surface area contributed by atoms with Crippen LogP contribution < -0.4 is 5.32 Å². The van der Waals surface area contributed by atoms with Crippen LogP contribution in [0.5, 0.6) is 0 Å². The number of β-lactam (4-membered cyclic amide) rings is 1. The number of amides is 1. The summed E-state index contributed by atoms with van der Waals surface area (Å²) in [6.07, 6.45) is -0.0241. The Morgan fingerprint density at radius 1 is 1.38 bits per heavy atom. The van der Waals surface area contributed by atoms with Crippen LogP contribution in [0.3, 0.4) is 0 Å². The van der Waals surface area contributed by atoms with Crippen LogP contribution in [0, 0.1) is 5.92 Å². The van der Waals surface area contributed by atoms with E-state index in [1.54, 1.807) is 0 Å². The van der Waals surface area contributed by atoms with E-state index < -0.39 is 0 Å². The zero-order chi connectivity index (χ0) is 11.5. The summed E-state index contributed by atoms with van der Waals surface area (Å²) in [4.78, 5) is 11.3. The fraction of sp³-hybridized carbons (Fsp3) is 0.462. The summed E-state index contributed by atoms with van der Waals surface area (Å²) in [7, 11) is 0. The molecule has 2 rings (SSSR count). The van der Waals surface area contributed by atoms with E-state index in [1.165, 1.54) is 0 Å². The van der Waals surface area contributed by atoms with Crippen LogP contribution in [0.25, 0.3) is 0 Å². The van der Waals surface area contributed by atoms with Crippen molar-refractivity contribution in [1.29, 1.82) is 0 Å². The SMILES string of the molecule is CC1NC(=O)C1C(C)OCc1ccccc1. The lowest BCUT2D eigenvalue weighted by atomic mass is 9.87. The molecule has 86 valence electrons. The summed E-state index contributed by atoms with van der Waals surface area (Å²) < 4.78 is 5.71. The van der Waals surface area contributed by atoms with Gasteiger partial charge in [-0.25, -0.2) is 0 Å². The van der Waals surface area contributed by atoms with E-state index >= 15 is 0 Å². The van der Waals surface area contributed by atoms with Gasteiger partial charge in [-0.1, -0.05) is 30.3 Å². The number of rotatable bonds is 4. The lowest BCUT2D eigenvalue weighted by Gasteiger charge is -2.37. The normalized spacial score (nSPS) is 25.8. The van der Waals surface area contributed by atoms with Gasteiger partial charge in [0.25, 0.3) is 0 Å². The average Bonchev–Trinajstić information content (AvgIpc) is 2.27. The van der Waals surface area contributed by atoms with E-state index in [1.807, 2.05) is 44.2 Å². The van der Waals surface area contributed by atoms with Gasteiger partial charge in [0.05, 0.1) is 18.6 Å². The van der Waals surface area contributed by atoms with E-state index in [-0.39, 0.29) is 24.0 Å². The summed E-state index contributed by atoms with van der Waals surface area (Å²) in [5.74, 6) is 0.108. The molecular formula is C13H17NO2. The van der Waals surface area contributed by atoms with E-state index in [2.05, 4.69) is 5.32 Å². The van der Waals surface area contributed by atoms with Gasteiger partial charge in [-0.05, 0) is 19.4 Å². The van der Waals surface area contributed by atoms with Crippen LogP contribution in [0.1, 0.15) is 19.4 Å². The largest absolute Gasteiger partial charge is 0.373 e. The van der Waals surface area contributed by atoms with E-state index in [9.17, 15) is 4.79 Å². The molecule has 1 aliphatic heterocycles. The highest BCUT2D eigenvalue weighted by atomic mass is 16.5. The van der Waals surface area contributed by atoms with Crippen LogP contribution in [-0.4, -0.2) is 18.1 Å². The summed E-state index contributed by atoms with van der Waals surface area (Å²) in [5, 5.41) is 2.82. The van der Waals surface area contributed by atoms with Crippen LogP contribution in [0.15, 0.2) is 30.3 Å². The maximum atomic E-state index is 11.3. The Balaban J connectivity index is 1.84. The van der Waals surface area contributed by atoms with Crippen molar-refractivity contribution < 1.29 is 9.53 Å². The van der Waals surface area contributed by atoms with Crippen LogP contribution in [-0.2, 0) is 16.1 Å². The summed E-state index contributed by atoms with van der Waals surface area (Å²) in [6.45, 7) is 4.54. The molecular weight excluding hydrogens is 202 g/mol. The maximum Gasteiger partial charge on any atom is 0.228 e. The Kier molecular flexibility index (Phi) is 3.25. The third-order valence-electron chi connectivity index (χ3n) is 3.07. The standard InChI is InChI=1S/C13H17NO2/c1-9-12(13(15)14-9)10(2)16-8-11-6-4-3-5-7-11/h3-7,9-10,12H,8H2,1-2H3,(H,14,15). The van der Waals surface area contributed by atoms with Gasteiger partial charge in [-0.15, -0.1) is 0 Å². The van der Waals surface area contributed by atoms with Crippen LogP contribution >= 0.6 is 0 Å². The lowest BCUT2D eigenvalue weighted by Crippen LogP contribution is -2.60. The van der Waals surface area contributed by atoms with Crippen molar-refractivity contribution >= 4 is 5.91 Å². The predicted octanol–water partition coefficient (Wildman–Crippen LogP) is 1.73. The highest BCUT2D eigenvalue weighted by molar-refractivity contribution is 5.86. The molecule has 0 radical (unpaired) electrons. The second-order valence-corrected chi connectivity index (χ2v) is 4.32. The number of hydrogen-bond acceptors (Lipinski definition) is 2. The third kappa shape index (κ3) is 2.25. The van der Waals surface area contributed by atoms with Crippen molar-refractivity contribution in [3.05, 3.63) is 35.9 Å². The highest BCUT2D eigenvalue weighted by Gasteiger charge is 2.40. The monoisotopic (exact) mass is 219 g/mol. The molecule has 1 saturated heterocycles. The first-order chi connectivity index (χ1) is 7.68. The molecule has 0 spiro atoms. The van der Waals surface area contributed by atoms with Crippen molar-refractivity contribution in [1.82, 2.24) is 5.32 Å². The highest BCUT2D eigenvalue weighted by Crippen LogP contribution is 2.21. The number of carbonyl (C=O) groups excluding carboxylic acids is 1. The molecule has 0 aliphatic carbocycles. The zero-order valence-electron chi connectivity index (χ0n) is 9.64. The molecule has 3 nitrogen and oxygen atoms in total. The molecule has 0 aromatic heterocycles. The first-order valence-corrected chi connectivity index (χ1v) is 5.64. The van der Waals surface area contributed by atoms with Gasteiger partial charge < -0.3 is 10.1 Å². The fourth-order valence-electron chi connectivity index (χ4n) is 2.07. The second-order valence-electron chi connectivity index (χ2n) is 4.32. The molecule has 1 N–H and O–H groups in total. The van der Waals surface area contributed by atoms with Crippen molar-refractivity contribution in [2.75, 3.05) is 0 Å². The van der Waals surface area contributed by atoms with Crippen LogP contribution in [0.4, 0.5) is 0 Å². The van der Waals surface area contributed by atoms with Crippen molar-refractivity contribution in [3.63, 3.8) is 0 Å². The third-order valence-corrected chi connectivity index (χ3v) is 3.07. The molecule has 16 heavy (non-hydrogen) atoms. The molecule has 0 bridgehead atoms. The molecule has 1 fully saturated rings. The van der Waals surface area contributed by atoms with Gasteiger partial charge in [0.15, 0.2) is 0 Å². The second kappa shape index (κ2) is 4.66. The molecule has 3 heteroatoms. The zero-order valence-corrected chi connectivity index (χ0v) is 9.64. The molecule has 1 heterocycles. The maximum absolute atomic E-state index is 11.3. The quantitative estimate of drug-likeness (QED) is 0.783. The first-order valence-electron chi connectivity index (χ1n) is 5.64. The molecule has 1 aromatic carbocycles. The Bertz CT molecular complexity index is 363. The molecule has 0 saturated carbocycles. The topological polar surface area (TPSA) is 38.3 Å². The number of benzene rings is 1. The smallest absolute Gasteiger partial charge is 0.228 e. The first kappa shape index (κ1) is 11.1. The average molecular weight is 219 g/mol. The minimum atomic E-state index is -0.0241. The Morgan fingerprint density at radius 2 is 2.06 bits per heavy atom. The number of carbonyl (C=O) groups is 1. The molecule has 1 aliphatic rings. The van der Waals surface area contributed by atoms with Gasteiger partial charge in [-0.2, -0.15) is 0 Å². The van der Waals surface area contributed by atoms with E-state index in [0.29, 0.717) is 6.61 Å². The Labute approximate surface area is 95.8 Å². The van der Waals surface area contributed by atoms with Gasteiger partial charge in [0.1, 0.15) is 0 Å². The van der Waals surface area contributed by atoms with Gasteiger partial charge in [-0.3, -0.25) is 4.79 Å².